The van der Waals surface area contributed by atoms with E-state index >= 15 is 0 Å². The summed E-state index contributed by atoms with van der Waals surface area (Å²) in [4.78, 5) is 9.76. The van der Waals surface area contributed by atoms with Crippen LogP contribution in [0.15, 0.2) is 0 Å². The molecule has 0 N–H and O–H groups in total. The van der Waals surface area contributed by atoms with Crippen molar-refractivity contribution in [3.05, 3.63) is 0 Å². The van der Waals surface area contributed by atoms with Gasteiger partial charge in [0.25, 0.3) is 6.47 Å². The average molecular weight is 126 g/mol. The summed E-state index contributed by atoms with van der Waals surface area (Å²) < 4.78 is 4.61. The summed E-state index contributed by atoms with van der Waals surface area (Å²) in [7, 11) is 0. The molecule has 2 heteroatoms. The minimum Gasteiger partial charge on any atom is -0.464 e. The third kappa shape index (κ3) is 3.60. The zero-order chi connectivity index (χ0) is 7.11. The Morgan fingerprint density at radius 1 is 1.89 bits per heavy atom. The zero-order valence-corrected chi connectivity index (χ0v) is 5.46. The van der Waals surface area contributed by atoms with Gasteiger partial charge in [0.2, 0.25) is 0 Å². The van der Waals surface area contributed by atoms with Gasteiger partial charge in [-0.1, -0.05) is 6.92 Å². The molecule has 0 aliphatic carbocycles. The Bertz CT molecular complexity index is 113. The molecule has 0 saturated heterocycles. The van der Waals surface area contributed by atoms with Crippen LogP contribution in [0.4, 0.5) is 0 Å². The first-order chi connectivity index (χ1) is 4.35. The first kappa shape index (κ1) is 8.03. The summed E-state index contributed by atoms with van der Waals surface area (Å²) in [6.07, 6.45) is 6.19. The van der Waals surface area contributed by atoms with Crippen molar-refractivity contribution in [1.29, 1.82) is 0 Å². The molecule has 0 aromatic carbocycles. The zero-order valence-electron chi connectivity index (χ0n) is 5.46. The van der Waals surface area contributed by atoms with E-state index < -0.39 is 0 Å². The fourth-order valence-corrected chi connectivity index (χ4v) is 0.499. The maximum atomic E-state index is 9.76. The van der Waals surface area contributed by atoms with Crippen molar-refractivity contribution in [2.45, 2.75) is 25.9 Å². The van der Waals surface area contributed by atoms with Crippen molar-refractivity contribution in [1.82, 2.24) is 0 Å². The molecule has 0 fully saturated rings. The van der Waals surface area contributed by atoms with Gasteiger partial charge in [-0.05, 0) is 6.42 Å². The Balaban J connectivity index is 3.43. The van der Waals surface area contributed by atoms with E-state index in [9.17, 15) is 4.79 Å². The fraction of sp³-hybridized carbons (Fsp3) is 0.571. The number of hydrogen-bond acceptors (Lipinski definition) is 2. The van der Waals surface area contributed by atoms with Crippen LogP contribution in [0.1, 0.15) is 19.8 Å². The van der Waals surface area contributed by atoms with Crippen molar-refractivity contribution in [3.63, 3.8) is 0 Å². The highest BCUT2D eigenvalue weighted by atomic mass is 16.5. The third-order valence-corrected chi connectivity index (χ3v) is 1.05. The van der Waals surface area contributed by atoms with Crippen LogP contribution < -0.4 is 0 Å². The molecule has 0 aromatic heterocycles. The van der Waals surface area contributed by atoms with E-state index in [2.05, 4.69) is 10.7 Å². The van der Waals surface area contributed by atoms with Crippen molar-refractivity contribution in [3.8, 4) is 12.3 Å². The van der Waals surface area contributed by atoms with Crippen LogP contribution in [-0.4, -0.2) is 12.6 Å². The van der Waals surface area contributed by atoms with Crippen LogP contribution >= 0.6 is 0 Å². The van der Waals surface area contributed by atoms with Crippen molar-refractivity contribution in [2.24, 2.45) is 0 Å². The standard InChI is InChI=1S/C7H10O2/c1-3-5-7(4-2)9-6-8/h1,6-7H,4-5H2,2H3. The molecular weight excluding hydrogens is 116 g/mol. The Morgan fingerprint density at radius 3 is 2.89 bits per heavy atom. The first-order valence-corrected chi connectivity index (χ1v) is 2.87. The van der Waals surface area contributed by atoms with Crippen LogP contribution in [0.3, 0.4) is 0 Å². The molecule has 2 nitrogen and oxygen atoms in total. The Hall–Kier alpha value is -0.970. The van der Waals surface area contributed by atoms with Gasteiger partial charge >= 0.3 is 0 Å². The van der Waals surface area contributed by atoms with E-state index in [1.165, 1.54) is 0 Å². The Morgan fingerprint density at radius 2 is 2.56 bits per heavy atom. The lowest BCUT2D eigenvalue weighted by Crippen LogP contribution is -2.08. The van der Waals surface area contributed by atoms with E-state index in [1.807, 2.05) is 6.92 Å². The molecule has 0 radical (unpaired) electrons. The summed E-state index contributed by atoms with van der Waals surface area (Å²) >= 11 is 0. The highest BCUT2D eigenvalue weighted by Gasteiger charge is 2.01. The lowest BCUT2D eigenvalue weighted by Gasteiger charge is -2.07. The van der Waals surface area contributed by atoms with E-state index in [1.54, 1.807) is 0 Å². The number of carbonyl (C=O) groups is 1. The molecule has 0 spiro atoms. The van der Waals surface area contributed by atoms with Crippen LogP contribution in [0.25, 0.3) is 0 Å². The smallest absolute Gasteiger partial charge is 0.293 e. The molecule has 0 aliphatic heterocycles. The van der Waals surface area contributed by atoms with E-state index in [4.69, 9.17) is 6.42 Å². The molecule has 0 amide bonds. The molecule has 50 valence electrons. The van der Waals surface area contributed by atoms with E-state index in [0.717, 1.165) is 6.42 Å². The lowest BCUT2D eigenvalue weighted by molar-refractivity contribution is -0.133. The van der Waals surface area contributed by atoms with Gasteiger partial charge in [-0.25, -0.2) is 0 Å². The summed E-state index contributed by atoms with van der Waals surface area (Å²) in [5.41, 5.74) is 0. The maximum absolute atomic E-state index is 9.76. The number of carbonyl (C=O) groups excluding carboxylic acids is 1. The monoisotopic (exact) mass is 126 g/mol. The fourth-order valence-electron chi connectivity index (χ4n) is 0.499. The summed E-state index contributed by atoms with van der Waals surface area (Å²) in [5, 5.41) is 0. The Kier molecular flexibility index (Phi) is 4.61. The number of hydrogen-bond donors (Lipinski definition) is 0. The molecule has 0 aliphatic rings. The van der Waals surface area contributed by atoms with Gasteiger partial charge in [0.15, 0.2) is 0 Å². The van der Waals surface area contributed by atoms with Gasteiger partial charge in [0.05, 0.1) is 0 Å². The summed E-state index contributed by atoms with van der Waals surface area (Å²) in [5.74, 6) is 2.42. The highest BCUT2D eigenvalue weighted by molar-refractivity contribution is 5.37. The molecule has 1 unspecified atom stereocenters. The minimum atomic E-state index is -0.0903. The largest absolute Gasteiger partial charge is 0.464 e. The predicted molar refractivity (Wildman–Crippen MR) is 34.7 cm³/mol. The van der Waals surface area contributed by atoms with E-state index in [0.29, 0.717) is 12.9 Å². The predicted octanol–water partition coefficient (Wildman–Crippen LogP) is 0.961. The quantitative estimate of drug-likeness (QED) is 0.414. The molecular formula is C7H10O2. The number of ether oxygens (including phenoxy) is 1. The molecule has 0 saturated carbocycles. The molecule has 0 rings (SSSR count). The number of rotatable bonds is 4. The topological polar surface area (TPSA) is 26.3 Å². The highest BCUT2D eigenvalue weighted by Crippen LogP contribution is 1.99. The second-order valence-corrected chi connectivity index (χ2v) is 1.67. The van der Waals surface area contributed by atoms with Gasteiger partial charge in [0, 0.05) is 6.42 Å². The van der Waals surface area contributed by atoms with Gasteiger partial charge < -0.3 is 4.74 Å². The van der Waals surface area contributed by atoms with Crippen LogP contribution in [0, 0.1) is 12.3 Å². The molecule has 0 bridgehead atoms. The normalized spacial score (nSPS) is 11.6. The SMILES string of the molecule is C#CCC(CC)OC=O. The van der Waals surface area contributed by atoms with Crippen molar-refractivity contribution >= 4 is 6.47 Å². The lowest BCUT2D eigenvalue weighted by atomic mass is 10.2. The van der Waals surface area contributed by atoms with Gasteiger partial charge in [-0.15, -0.1) is 12.3 Å². The third-order valence-electron chi connectivity index (χ3n) is 1.05. The molecule has 0 heterocycles. The van der Waals surface area contributed by atoms with Gasteiger partial charge in [-0.2, -0.15) is 0 Å². The van der Waals surface area contributed by atoms with Crippen LogP contribution in [0.2, 0.25) is 0 Å². The minimum absolute atomic E-state index is 0.0903. The van der Waals surface area contributed by atoms with Gasteiger partial charge in [-0.3, -0.25) is 4.79 Å². The van der Waals surface area contributed by atoms with Crippen molar-refractivity contribution in [2.75, 3.05) is 0 Å². The molecule has 9 heavy (non-hydrogen) atoms. The second-order valence-electron chi connectivity index (χ2n) is 1.67. The molecule has 1 atom stereocenters. The summed E-state index contributed by atoms with van der Waals surface area (Å²) in [6.45, 7) is 2.36. The van der Waals surface area contributed by atoms with Crippen LogP contribution in [0.5, 0.6) is 0 Å². The average Bonchev–Trinajstić information content (AvgIpc) is 1.88. The second kappa shape index (κ2) is 5.17. The summed E-state index contributed by atoms with van der Waals surface area (Å²) in [6, 6.07) is 0. The number of terminal acetylenes is 1. The maximum Gasteiger partial charge on any atom is 0.293 e. The van der Waals surface area contributed by atoms with Gasteiger partial charge in [0.1, 0.15) is 6.10 Å². The first-order valence-electron chi connectivity index (χ1n) is 2.87. The van der Waals surface area contributed by atoms with Crippen molar-refractivity contribution < 1.29 is 9.53 Å². The Labute approximate surface area is 55.2 Å². The van der Waals surface area contributed by atoms with Crippen LogP contribution in [-0.2, 0) is 9.53 Å². The van der Waals surface area contributed by atoms with E-state index in [-0.39, 0.29) is 6.10 Å². The molecule has 0 aromatic rings.